The zero-order chi connectivity index (χ0) is 23.8. The van der Waals surface area contributed by atoms with E-state index in [9.17, 15) is 0 Å². The van der Waals surface area contributed by atoms with E-state index >= 15 is 0 Å². The summed E-state index contributed by atoms with van der Waals surface area (Å²) in [6.45, 7) is 18.8. The highest BCUT2D eigenvalue weighted by atomic mass is 16.6. The first-order valence-corrected chi connectivity index (χ1v) is 11.3. The van der Waals surface area contributed by atoms with Crippen molar-refractivity contribution < 1.29 is 33.2 Å². The van der Waals surface area contributed by atoms with Gasteiger partial charge in [0.25, 0.3) is 0 Å². The van der Waals surface area contributed by atoms with E-state index in [1.807, 2.05) is 34.6 Å². The number of rotatable bonds is 21. The summed E-state index contributed by atoms with van der Waals surface area (Å²) in [5, 5.41) is 0. The molecule has 0 heterocycles. The van der Waals surface area contributed by atoms with Gasteiger partial charge in [0, 0.05) is 20.3 Å². The number of nitrogens with two attached hydrogens (primary N) is 1. The zero-order valence-corrected chi connectivity index (χ0v) is 21.3. The predicted molar refractivity (Wildman–Crippen MR) is 122 cm³/mol. The van der Waals surface area contributed by atoms with Crippen molar-refractivity contribution in [2.75, 3.05) is 66.7 Å². The minimum Gasteiger partial charge on any atom is -0.379 e. The number of methoxy groups -OCH3 is 1. The first-order chi connectivity index (χ1) is 14.4. The molecule has 0 aliphatic heterocycles. The summed E-state index contributed by atoms with van der Waals surface area (Å²) in [6.07, 6.45) is 1.61. The number of hydrogen-bond donors (Lipinski definition) is 1. The average Bonchev–Trinajstić information content (AvgIpc) is 2.68. The maximum Gasteiger partial charge on any atom is 0.0947 e. The van der Waals surface area contributed by atoms with Gasteiger partial charge in [-0.3, -0.25) is 0 Å². The highest BCUT2D eigenvalue weighted by molar-refractivity contribution is 4.73. The lowest BCUT2D eigenvalue weighted by atomic mass is 10.0. The summed E-state index contributed by atoms with van der Waals surface area (Å²) < 4.78 is 39.3. The van der Waals surface area contributed by atoms with E-state index in [0.29, 0.717) is 52.9 Å². The zero-order valence-electron chi connectivity index (χ0n) is 21.3. The van der Waals surface area contributed by atoms with E-state index in [1.54, 1.807) is 7.11 Å². The van der Waals surface area contributed by atoms with Gasteiger partial charge in [-0.25, -0.2) is 0 Å². The Morgan fingerprint density at radius 1 is 0.677 bits per heavy atom. The van der Waals surface area contributed by atoms with Crippen LogP contribution in [0.1, 0.15) is 61.3 Å². The van der Waals surface area contributed by atoms with Gasteiger partial charge in [0.05, 0.1) is 69.3 Å². The van der Waals surface area contributed by atoms with Crippen molar-refractivity contribution in [1.82, 2.24) is 0 Å². The fourth-order valence-corrected chi connectivity index (χ4v) is 2.36. The Bertz CT molecular complexity index is 430. The second-order valence-corrected chi connectivity index (χ2v) is 9.56. The number of hydrogen-bond acceptors (Lipinski definition) is 8. The van der Waals surface area contributed by atoms with Crippen LogP contribution in [0.4, 0.5) is 0 Å². The van der Waals surface area contributed by atoms with Crippen molar-refractivity contribution in [1.29, 1.82) is 0 Å². The van der Waals surface area contributed by atoms with Gasteiger partial charge in [0.2, 0.25) is 0 Å². The quantitative estimate of drug-likeness (QED) is 0.210. The molecular weight excluding hydrogens is 402 g/mol. The van der Waals surface area contributed by atoms with Crippen molar-refractivity contribution in [3.63, 3.8) is 0 Å². The van der Waals surface area contributed by atoms with Gasteiger partial charge in [-0.15, -0.1) is 0 Å². The summed E-state index contributed by atoms with van der Waals surface area (Å²) in [7, 11) is 1.70. The van der Waals surface area contributed by atoms with Gasteiger partial charge in [-0.1, -0.05) is 0 Å². The van der Waals surface area contributed by atoms with E-state index in [0.717, 1.165) is 12.8 Å². The van der Waals surface area contributed by atoms with Gasteiger partial charge < -0.3 is 38.9 Å². The summed E-state index contributed by atoms with van der Waals surface area (Å²) in [5.41, 5.74) is 4.61. The van der Waals surface area contributed by atoms with E-state index in [4.69, 9.17) is 38.9 Å². The van der Waals surface area contributed by atoms with Crippen LogP contribution in [0.25, 0.3) is 0 Å². The van der Waals surface area contributed by atoms with E-state index in [1.165, 1.54) is 0 Å². The van der Waals surface area contributed by atoms with Crippen LogP contribution in [0.2, 0.25) is 0 Å². The molecule has 0 aromatic heterocycles. The molecule has 8 nitrogen and oxygen atoms in total. The molecular formula is C23H49NO7. The van der Waals surface area contributed by atoms with Crippen LogP contribution in [0, 0.1) is 0 Å². The Kier molecular flexibility index (Phi) is 16.1. The van der Waals surface area contributed by atoms with Crippen LogP contribution in [0.5, 0.6) is 0 Å². The molecule has 0 saturated carbocycles. The standard InChI is InChI=1S/C23H49NO7/c1-20(29-16-15-27-12-10-22(4,5)31-19-24)17-28-14-13-26-11-9-21(2,3)30-18-23(6,7)25-8/h20H,9-19,24H2,1-8H3. The fourth-order valence-electron chi connectivity index (χ4n) is 2.36. The molecule has 0 spiro atoms. The summed E-state index contributed by atoms with van der Waals surface area (Å²) in [5.74, 6) is 0. The summed E-state index contributed by atoms with van der Waals surface area (Å²) in [6, 6.07) is 0. The monoisotopic (exact) mass is 451 g/mol. The van der Waals surface area contributed by atoms with Crippen LogP contribution < -0.4 is 5.73 Å². The highest BCUT2D eigenvalue weighted by Crippen LogP contribution is 2.18. The lowest BCUT2D eigenvalue weighted by molar-refractivity contribution is -0.115. The Hall–Kier alpha value is -0.320. The second-order valence-electron chi connectivity index (χ2n) is 9.56. The largest absolute Gasteiger partial charge is 0.379 e. The maximum absolute atomic E-state index is 5.96. The van der Waals surface area contributed by atoms with Crippen LogP contribution in [0.3, 0.4) is 0 Å². The molecule has 0 rings (SSSR count). The lowest BCUT2D eigenvalue weighted by Gasteiger charge is -2.31. The minimum absolute atomic E-state index is 0.0112. The molecule has 8 heteroatoms. The molecule has 188 valence electrons. The maximum atomic E-state index is 5.96. The third kappa shape index (κ3) is 18.9. The molecule has 0 aliphatic carbocycles. The lowest BCUT2D eigenvalue weighted by Crippen LogP contribution is -2.36. The normalized spacial score (nSPS) is 14.2. The molecule has 1 atom stereocenters. The Labute approximate surface area is 190 Å². The van der Waals surface area contributed by atoms with Gasteiger partial charge in [-0.05, 0) is 61.3 Å². The molecule has 0 aromatic carbocycles. The van der Waals surface area contributed by atoms with Crippen LogP contribution >= 0.6 is 0 Å². The summed E-state index contributed by atoms with van der Waals surface area (Å²) in [4.78, 5) is 0. The third-order valence-electron chi connectivity index (χ3n) is 4.89. The average molecular weight is 452 g/mol. The van der Waals surface area contributed by atoms with Crippen LogP contribution in [0.15, 0.2) is 0 Å². The summed E-state index contributed by atoms with van der Waals surface area (Å²) >= 11 is 0. The molecule has 0 aromatic rings. The fraction of sp³-hybridized carbons (Fsp3) is 1.00. The second kappa shape index (κ2) is 16.3. The number of ether oxygens (including phenoxy) is 7. The molecule has 0 radical (unpaired) electrons. The predicted octanol–water partition coefficient (Wildman–Crippen LogP) is 3.15. The van der Waals surface area contributed by atoms with E-state index < -0.39 is 0 Å². The topological polar surface area (TPSA) is 90.6 Å². The van der Waals surface area contributed by atoms with Crippen molar-refractivity contribution in [2.24, 2.45) is 5.73 Å². The smallest absolute Gasteiger partial charge is 0.0947 e. The molecule has 0 aliphatic rings. The van der Waals surface area contributed by atoms with Crippen molar-refractivity contribution in [3.8, 4) is 0 Å². The van der Waals surface area contributed by atoms with E-state index in [-0.39, 0.29) is 29.6 Å². The molecule has 0 fully saturated rings. The minimum atomic E-state index is -0.285. The molecule has 1 unspecified atom stereocenters. The molecule has 0 bridgehead atoms. The molecule has 2 N–H and O–H groups in total. The van der Waals surface area contributed by atoms with Gasteiger partial charge >= 0.3 is 0 Å². The van der Waals surface area contributed by atoms with Crippen molar-refractivity contribution >= 4 is 0 Å². The van der Waals surface area contributed by atoms with Crippen molar-refractivity contribution in [3.05, 3.63) is 0 Å². The van der Waals surface area contributed by atoms with Gasteiger partial charge in [-0.2, -0.15) is 0 Å². The molecule has 0 amide bonds. The Morgan fingerprint density at radius 2 is 1.19 bits per heavy atom. The Balaban J connectivity index is 3.58. The van der Waals surface area contributed by atoms with Crippen LogP contribution in [-0.4, -0.2) is 89.6 Å². The first kappa shape index (κ1) is 30.7. The third-order valence-corrected chi connectivity index (χ3v) is 4.89. The van der Waals surface area contributed by atoms with Crippen molar-refractivity contribution in [2.45, 2.75) is 84.2 Å². The van der Waals surface area contributed by atoms with Gasteiger partial charge in [0.15, 0.2) is 0 Å². The van der Waals surface area contributed by atoms with Crippen LogP contribution in [-0.2, 0) is 33.2 Å². The van der Waals surface area contributed by atoms with E-state index in [2.05, 4.69) is 13.8 Å². The molecule has 0 saturated heterocycles. The SMILES string of the molecule is COC(C)(C)COC(C)(C)CCOCCOCC(C)OCCOCCC(C)(C)OCN. The molecule has 31 heavy (non-hydrogen) atoms. The van der Waals surface area contributed by atoms with Gasteiger partial charge in [0.1, 0.15) is 0 Å². The highest BCUT2D eigenvalue weighted by Gasteiger charge is 2.24. The first-order valence-electron chi connectivity index (χ1n) is 11.3. The Morgan fingerprint density at radius 3 is 1.74 bits per heavy atom.